The molecule has 1 unspecified atom stereocenters. The summed E-state index contributed by atoms with van der Waals surface area (Å²) in [5.74, 6) is 0.0637. The van der Waals surface area contributed by atoms with Crippen molar-refractivity contribution in [1.82, 2.24) is 4.90 Å². The summed E-state index contributed by atoms with van der Waals surface area (Å²) in [6.07, 6.45) is -0.847. The lowest BCUT2D eigenvalue weighted by Gasteiger charge is -2.46. The number of fused-ring (bicyclic) bond motifs is 1. The summed E-state index contributed by atoms with van der Waals surface area (Å²) >= 11 is 0. The highest BCUT2D eigenvalue weighted by Crippen LogP contribution is 2.31. The van der Waals surface area contributed by atoms with Crippen molar-refractivity contribution in [3.63, 3.8) is 0 Å². The molecule has 1 amide bonds. The number of anilines is 1. The van der Waals surface area contributed by atoms with E-state index < -0.39 is 6.09 Å². The molecular weight excluding hydrogens is 328 g/mol. The maximum Gasteiger partial charge on any atom is 0.407 e. The Labute approximate surface area is 154 Å². The van der Waals surface area contributed by atoms with Crippen LogP contribution in [0.3, 0.4) is 0 Å². The van der Waals surface area contributed by atoms with E-state index in [1.807, 2.05) is 24.3 Å². The molecule has 1 aliphatic rings. The molecular formula is C21H26N2O3. The fraction of sp³-hybridized carbons (Fsp3) is 0.429. The first-order valence-corrected chi connectivity index (χ1v) is 8.96. The summed E-state index contributed by atoms with van der Waals surface area (Å²) in [5.41, 5.74) is 1.67. The predicted octanol–water partition coefficient (Wildman–Crippen LogP) is 4.26. The molecule has 3 rings (SSSR count). The van der Waals surface area contributed by atoms with E-state index >= 15 is 0 Å². The molecule has 138 valence electrons. The Kier molecular flexibility index (Phi) is 4.65. The number of carboxylic acid groups (broad SMARTS) is 1. The van der Waals surface area contributed by atoms with Crippen LogP contribution in [0.25, 0.3) is 10.8 Å². The van der Waals surface area contributed by atoms with E-state index in [0.29, 0.717) is 25.2 Å². The maximum atomic E-state index is 11.6. The second-order valence-corrected chi connectivity index (χ2v) is 8.11. The van der Waals surface area contributed by atoms with Gasteiger partial charge in [-0.3, -0.25) is 4.79 Å². The molecule has 5 nitrogen and oxygen atoms in total. The third-order valence-corrected chi connectivity index (χ3v) is 5.22. The molecule has 0 aliphatic carbocycles. The molecule has 1 saturated heterocycles. The third-order valence-electron chi connectivity index (χ3n) is 5.22. The molecule has 0 aromatic heterocycles. The van der Waals surface area contributed by atoms with Crippen LogP contribution in [0, 0.1) is 5.41 Å². The van der Waals surface area contributed by atoms with E-state index in [2.05, 4.69) is 37.8 Å². The molecule has 0 spiro atoms. The minimum absolute atomic E-state index is 0.0637. The monoisotopic (exact) mass is 354 g/mol. The number of benzene rings is 2. The van der Waals surface area contributed by atoms with Crippen molar-refractivity contribution in [3.05, 3.63) is 42.0 Å². The summed E-state index contributed by atoms with van der Waals surface area (Å²) in [6.45, 7) is 9.67. The van der Waals surface area contributed by atoms with Gasteiger partial charge in [-0.25, -0.2) is 4.79 Å². The standard InChI is InChI=1S/C21H26N2O3/c1-14(24)15-5-6-17-12-18(8-7-16(17)11-15)22-9-10-23(20(25)26)19(13-22)21(2,3)4/h5-8,11-12,19H,9-10,13H2,1-4H3,(H,25,26). The van der Waals surface area contributed by atoms with Gasteiger partial charge >= 0.3 is 6.09 Å². The highest BCUT2D eigenvalue weighted by Gasteiger charge is 2.38. The normalized spacial score (nSPS) is 18.2. The number of amides is 1. The molecule has 0 bridgehead atoms. The second kappa shape index (κ2) is 6.63. The maximum absolute atomic E-state index is 11.6. The Morgan fingerprint density at radius 2 is 1.69 bits per heavy atom. The quantitative estimate of drug-likeness (QED) is 0.819. The SMILES string of the molecule is CC(=O)c1ccc2cc(N3CCN(C(=O)O)C(C(C)(C)C)C3)ccc2c1. The average molecular weight is 354 g/mol. The Balaban J connectivity index is 1.90. The zero-order chi connectivity index (χ0) is 19.1. The number of piperazine rings is 1. The molecule has 1 N–H and O–H groups in total. The van der Waals surface area contributed by atoms with Gasteiger partial charge < -0.3 is 14.9 Å². The van der Waals surface area contributed by atoms with E-state index in [4.69, 9.17) is 0 Å². The van der Waals surface area contributed by atoms with Gasteiger partial charge in [-0.1, -0.05) is 39.0 Å². The topological polar surface area (TPSA) is 60.9 Å². The largest absolute Gasteiger partial charge is 0.465 e. The molecule has 5 heteroatoms. The lowest BCUT2D eigenvalue weighted by molar-refractivity contribution is 0.0748. The van der Waals surface area contributed by atoms with E-state index in [1.165, 1.54) is 0 Å². The van der Waals surface area contributed by atoms with Gasteiger partial charge in [0.25, 0.3) is 0 Å². The van der Waals surface area contributed by atoms with E-state index in [9.17, 15) is 14.7 Å². The van der Waals surface area contributed by atoms with Gasteiger partial charge in [0.2, 0.25) is 0 Å². The number of hydrogen-bond acceptors (Lipinski definition) is 3. The minimum Gasteiger partial charge on any atom is -0.465 e. The fourth-order valence-electron chi connectivity index (χ4n) is 3.64. The Morgan fingerprint density at radius 1 is 1.04 bits per heavy atom. The number of carbonyl (C=O) groups is 2. The minimum atomic E-state index is -0.847. The average Bonchev–Trinajstić information content (AvgIpc) is 2.59. The smallest absolute Gasteiger partial charge is 0.407 e. The van der Waals surface area contributed by atoms with Gasteiger partial charge in [-0.15, -0.1) is 0 Å². The van der Waals surface area contributed by atoms with E-state index in [0.717, 1.165) is 16.5 Å². The summed E-state index contributed by atoms with van der Waals surface area (Å²) < 4.78 is 0. The second-order valence-electron chi connectivity index (χ2n) is 8.11. The number of Topliss-reactive ketones (excluding diaryl/α,β-unsaturated/α-hetero) is 1. The van der Waals surface area contributed by atoms with Crippen molar-refractivity contribution in [1.29, 1.82) is 0 Å². The zero-order valence-corrected chi connectivity index (χ0v) is 15.8. The molecule has 2 aromatic rings. The molecule has 2 aromatic carbocycles. The molecule has 1 heterocycles. The number of carbonyl (C=O) groups excluding carboxylic acids is 1. The van der Waals surface area contributed by atoms with Crippen LogP contribution in [0.15, 0.2) is 36.4 Å². The highest BCUT2D eigenvalue weighted by atomic mass is 16.4. The molecule has 1 aliphatic heterocycles. The van der Waals surface area contributed by atoms with Crippen LogP contribution in [0.2, 0.25) is 0 Å². The van der Waals surface area contributed by atoms with Gasteiger partial charge in [-0.05, 0) is 41.3 Å². The molecule has 0 saturated carbocycles. The lowest BCUT2D eigenvalue weighted by Crippen LogP contribution is -2.59. The molecule has 1 fully saturated rings. The first-order chi connectivity index (χ1) is 12.2. The van der Waals surface area contributed by atoms with Gasteiger partial charge in [0, 0.05) is 30.9 Å². The van der Waals surface area contributed by atoms with Crippen LogP contribution < -0.4 is 4.90 Å². The lowest BCUT2D eigenvalue weighted by atomic mass is 9.84. The molecule has 0 radical (unpaired) electrons. The zero-order valence-electron chi connectivity index (χ0n) is 15.8. The van der Waals surface area contributed by atoms with Crippen LogP contribution in [0.4, 0.5) is 10.5 Å². The number of rotatable bonds is 2. The van der Waals surface area contributed by atoms with Crippen molar-refractivity contribution in [2.75, 3.05) is 24.5 Å². The van der Waals surface area contributed by atoms with Crippen molar-refractivity contribution in [2.24, 2.45) is 5.41 Å². The van der Waals surface area contributed by atoms with Crippen molar-refractivity contribution < 1.29 is 14.7 Å². The number of ketones is 1. The Hall–Kier alpha value is -2.56. The summed E-state index contributed by atoms with van der Waals surface area (Å²) in [6, 6.07) is 11.9. The van der Waals surface area contributed by atoms with Crippen LogP contribution in [-0.4, -0.2) is 47.6 Å². The fourth-order valence-corrected chi connectivity index (χ4v) is 3.64. The first-order valence-electron chi connectivity index (χ1n) is 8.96. The first kappa shape index (κ1) is 18.2. The summed E-state index contributed by atoms with van der Waals surface area (Å²) in [5, 5.41) is 11.6. The Bertz CT molecular complexity index is 854. The highest BCUT2D eigenvalue weighted by molar-refractivity contribution is 5.99. The summed E-state index contributed by atoms with van der Waals surface area (Å²) in [7, 11) is 0. The van der Waals surface area contributed by atoms with Crippen LogP contribution in [0.5, 0.6) is 0 Å². The van der Waals surface area contributed by atoms with Crippen molar-refractivity contribution >= 4 is 28.3 Å². The van der Waals surface area contributed by atoms with Gasteiger partial charge in [0.15, 0.2) is 5.78 Å². The van der Waals surface area contributed by atoms with Crippen LogP contribution in [0.1, 0.15) is 38.1 Å². The molecule has 1 atom stereocenters. The van der Waals surface area contributed by atoms with Crippen LogP contribution in [-0.2, 0) is 0 Å². The predicted molar refractivity (Wildman–Crippen MR) is 104 cm³/mol. The van der Waals surface area contributed by atoms with E-state index in [-0.39, 0.29) is 17.2 Å². The number of nitrogens with zero attached hydrogens (tertiary/aromatic N) is 2. The number of hydrogen-bond donors (Lipinski definition) is 1. The van der Waals surface area contributed by atoms with Gasteiger partial charge in [0.1, 0.15) is 0 Å². The summed E-state index contributed by atoms with van der Waals surface area (Å²) in [4.78, 5) is 27.0. The van der Waals surface area contributed by atoms with E-state index in [1.54, 1.807) is 11.8 Å². The molecule has 26 heavy (non-hydrogen) atoms. The third kappa shape index (κ3) is 3.52. The van der Waals surface area contributed by atoms with Gasteiger partial charge in [-0.2, -0.15) is 0 Å². The van der Waals surface area contributed by atoms with Crippen molar-refractivity contribution in [2.45, 2.75) is 33.7 Å². The Morgan fingerprint density at radius 3 is 2.31 bits per heavy atom. The van der Waals surface area contributed by atoms with Gasteiger partial charge in [0.05, 0.1) is 6.04 Å². The van der Waals surface area contributed by atoms with Crippen LogP contribution >= 0.6 is 0 Å². The van der Waals surface area contributed by atoms with Crippen molar-refractivity contribution in [3.8, 4) is 0 Å².